The van der Waals surface area contributed by atoms with Gasteiger partial charge in [0, 0.05) is 17.7 Å². The molecule has 0 aromatic heterocycles. The number of thioether (sulfide) groups is 1. The Labute approximate surface area is 131 Å². The number of hydrogen-bond acceptors (Lipinski definition) is 4. The van der Waals surface area contributed by atoms with Gasteiger partial charge in [0.1, 0.15) is 0 Å². The summed E-state index contributed by atoms with van der Waals surface area (Å²) in [5.41, 5.74) is 1.18. The van der Waals surface area contributed by atoms with Gasteiger partial charge in [-0.05, 0) is 43.2 Å². The Kier molecular flexibility index (Phi) is 6.58. The van der Waals surface area contributed by atoms with Crippen LogP contribution in [0.5, 0.6) is 0 Å². The second-order valence-corrected chi connectivity index (χ2v) is 6.23. The van der Waals surface area contributed by atoms with Gasteiger partial charge in [-0.25, -0.2) is 0 Å². The molecule has 1 heterocycles. The fourth-order valence-corrected chi connectivity index (χ4v) is 2.96. The van der Waals surface area contributed by atoms with Crippen molar-refractivity contribution in [3.63, 3.8) is 0 Å². The highest BCUT2D eigenvalue weighted by atomic mass is 32.2. The molecule has 0 bridgehead atoms. The predicted molar refractivity (Wildman–Crippen MR) is 85.3 cm³/mol. The average Bonchev–Trinajstić information content (AvgIpc) is 2.53. The minimum atomic E-state index is -0.383. The highest BCUT2D eigenvalue weighted by Gasteiger charge is 2.26. The molecule has 0 N–H and O–H groups in total. The van der Waals surface area contributed by atoms with Crippen molar-refractivity contribution in [2.75, 3.05) is 6.26 Å². The maximum atomic E-state index is 11.7. The summed E-state index contributed by atoms with van der Waals surface area (Å²) in [5, 5.41) is 0. The maximum Gasteiger partial charge on any atom is 0.308 e. The zero-order chi connectivity index (χ0) is 15.1. The van der Waals surface area contributed by atoms with Crippen LogP contribution in [0.4, 0.5) is 0 Å². The lowest BCUT2D eigenvalue weighted by Crippen LogP contribution is -2.27. The zero-order valence-corrected chi connectivity index (χ0v) is 13.7. The molecule has 3 nitrogen and oxygen atoms in total. The Morgan fingerprint density at radius 1 is 1.43 bits per heavy atom. The molecule has 4 heteroatoms. The molecular weight excluding hydrogens is 284 g/mol. The van der Waals surface area contributed by atoms with Crippen molar-refractivity contribution in [1.29, 1.82) is 0 Å². The second-order valence-electron chi connectivity index (χ2n) is 5.36. The lowest BCUT2D eigenvalue weighted by Gasteiger charge is -2.30. The second kappa shape index (κ2) is 8.44. The summed E-state index contributed by atoms with van der Waals surface area (Å²) in [4.78, 5) is 12.9. The maximum absolute atomic E-state index is 11.7. The molecule has 1 saturated heterocycles. The van der Waals surface area contributed by atoms with Gasteiger partial charge in [0.25, 0.3) is 0 Å². The van der Waals surface area contributed by atoms with E-state index in [2.05, 4.69) is 37.4 Å². The van der Waals surface area contributed by atoms with Crippen molar-refractivity contribution < 1.29 is 14.3 Å². The molecule has 0 saturated carbocycles. The third kappa shape index (κ3) is 5.04. The van der Waals surface area contributed by atoms with Crippen LogP contribution in [-0.2, 0) is 14.3 Å². The van der Waals surface area contributed by atoms with E-state index in [1.807, 2.05) is 0 Å². The molecular formula is C17H24O3S. The number of carbonyl (C=O) groups is 1. The molecule has 1 aliphatic heterocycles. The summed E-state index contributed by atoms with van der Waals surface area (Å²) in [6, 6.07) is 8.41. The summed E-state index contributed by atoms with van der Waals surface area (Å²) >= 11 is 1.73. The van der Waals surface area contributed by atoms with Crippen LogP contribution in [0.25, 0.3) is 0 Å². The van der Waals surface area contributed by atoms with Crippen LogP contribution in [0.3, 0.4) is 0 Å². The largest absolute Gasteiger partial charge is 0.436 e. The Morgan fingerprint density at radius 2 is 2.29 bits per heavy atom. The Hall–Kier alpha value is -1.00. The Morgan fingerprint density at radius 3 is 3.05 bits per heavy atom. The summed E-state index contributed by atoms with van der Waals surface area (Å²) < 4.78 is 11.4. The molecule has 0 radical (unpaired) electrons. The van der Waals surface area contributed by atoms with Crippen LogP contribution in [0, 0.1) is 0 Å². The number of esters is 1. The highest BCUT2D eigenvalue weighted by Crippen LogP contribution is 2.33. The summed E-state index contributed by atoms with van der Waals surface area (Å²) in [7, 11) is 0. The van der Waals surface area contributed by atoms with E-state index >= 15 is 0 Å². The molecule has 2 atom stereocenters. The van der Waals surface area contributed by atoms with Crippen LogP contribution in [0.2, 0.25) is 0 Å². The summed E-state index contributed by atoms with van der Waals surface area (Å²) in [6.07, 6.45) is 6.91. The number of benzene rings is 1. The molecule has 116 valence electrons. The van der Waals surface area contributed by atoms with Gasteiger partial charge in [-0.3, -0.25) is 4.79 Å². The van der Waals surface area contributed by atoms with Crippen LogP contribution < -0.4 is 0 Å². The van der Waals surface area contributed by atoms with Gasteiger partial charge >= 0.3 is 5.97 Å². The quantitative estimate of drug-likeness (QED) is 0.563. The summed E-state index contributed by atoms with van der Waals surface area (Å²) in [6.45, 7) is 2.07. The minimum Gasteiger partial charge on any atom is -0.436 e. The number of unbranched alkanes of at least 4 members (excludes halogenated alkanes) is 1. The number of rotatable bonds is 6. The minimum absolute atomic E-state index is 0.0369. The fourth-order valence-electron chi connectivity index (χ4n) is 2.49. The monoisotopic (exact) mass is 308 g/mol. The molecule has 0 amide bonds. The van der Waals surface area contributed by atoms with E-state index in [9.17, 15) is 4.79 Å². The molecule has 1 aromatic carbocycles. The molecule has 1 aliphatic rings. The van der Waals surface area contributed by atoms with Crippen LogP contribution >= 0.6 is 11.8 Å². The normalized spacial score (nSPS) is 22.0. The van der Waals surface area contributed by atoms with Gasteiger partial charge in [-0.15, -0.1) is 11.8 Å². The topological polar surface area (TPSA) is 35.5 Å². The SMILES string of the molecule is CCCCC(=O)OC1CCCC(c2cccc(SC)c2)O1. The number of hydrogen-bond donors (Lipinski definition) is 0. The van der Waals surface area contributed by atoms with E-state index < -0.39 is 0 Å². The molecule has 0 spiro atoms. The third-order valence-corrected chi connectivity index (χ3v) is 4.41. The molecule has 1 aromatic rings. The third-order valence-electron chi connectivity index (χ3n) is 3.69. The van der Waals surface area contributed by atoms with Gasteiger partial charge in [0.05, 0.1) is 6.10 Å². The number of ether oxygens (including phenoxy) is 2. The van der Waals surface area contributed by atoms with E-state index in [1.165, 1.54) is 10.5 Å². The van der Waals surface area contributed by atoms with Crippen molar-refractivity contribution in [1.82, 2.24) is 0 Å². The van der Waals surface area contributed by atoms with Crippen LogP contribution in [-0.4, -0.2) is 18.5 Å². The molecule has 0 aliphatic carbocycles. The Balaban J connectivity index is 1.92. The first-order chi connectivity index (χ1) is 10.2. The first kappa shape index (κ1) is 16.4. The average molecular weight is 308 g/mol. The van der Waals surface area contributed by atoms with E-state index in [-0.39, 0.29) is 18.4 Å². The predicted octanol–water partition coefficient (Wildman–Crippen LogP) is 4.71. The van der Waals surface area contributed by atoms with Crippen molar-refractivity contribution in [3.05, 3.63) is 29.8 Å². The lowest BCUT2D eigenvalue weighted by atomic mass is 10.0. The van der Waals surface area contributed by atoms with Crippen LogP contribution in [0.15, 0.2) is 29.2 Å². The van der Waals surface area contributed by atoms with E-state index in [4.69, 9.17) is 9.47 Å². The van der Waals surface area contributed by atoms with Gasteiger partial charge in [-0.2, -0.15) is 0 Å². The van der Waals surface area contributed by atoms with Crippen LogP contribution in [0.1, 0.15) is 57.1 Å². The first-order valence-corrected chi connectivity index (χ1v) is 8.94. The molecule has 2 rings (SSSR count). The van der Waals surface area contributed by atoms with E-state index in [0.29, 0.717) is 6.42 Å². The summed E-state index contributed by atoms with van der Waals surface area (Å²) in [5.74, 6) is -0.139. The van der Waals surface area contributed by atoms with Gasteiger partial charge in [-0.1, -0.05) is 25.5 Å². The van der Waals surface area contributed by atoms with Crippen molar-refractivity contribution in [2.24, 2.45) is 0 Å². The molecule has 2 unspecified atom stereocenters. The first-order valence-electron chi connectivity index (χ1n) is 7.71. The Bertz CT molecular complexity index is 461. The molecule has 1 fully saturated rings. The van der Waals surface area contributed by atoms with E-state index in [0.717, 1.165) is 32.1 Å². The van der Waals surface area contributed by atoms with Gasteiger partial charge in [0.15, 0.2) is 0 Å². The van der Waals surface area contributed by atoms with Gasteiger partial charge < -0.3 is 9.47 Å². The van der Waals surface area contributed by atoms with Crippen molar-refractivity contribution in [3.8, 4) is 0 Å². The van der Waals surface area contributed by atoms with Crippen molar-refractivity contribution in [2.45, 2.75) is 62.7 Å². The van der Waals surface area contributed by atoms with Gasteiger partial charge in [0.2, 0.25) is 6.29 Å². The lowest BCUT2D eigenvalue weighted by molar-refractivity contribution is -0.204. The standard InChI is InChI=1S/C17H24O3S/c1-3-4-10-16(18)20-17-11-6-9-15(19-17)13-7-5-8-14(12-13)21-2/h5,7-8,12,15,17H,3-4,6,9-11H2,1-2H3. The zero-order valence-electron chi connectivity index (χ0n) is 12.8. The van der Waals surface area contributed by atoms with E-state index in [1.54, 1.807) is 11.8 Å². The highest BCUT2D eigenvalue weighted by molar-refractivity contribution is 7.98. The molecule has 21 heavy (non-hydrogen) atoms. The smallest absolute Gasteiger partial charge is 0.308 e. The fraction of sp³-hybridized carbons (Fsp3) is 0.588. The number of carbonyl (C=O) groups excluding carboxylic acids is 1. The van der Waals surface area contributed by atoms with Crippen molar-refractivity contribution >= 4 is 17.7 Å².